The van der Waals surface area contributed by atoms with Crippen LogP contribution in [-0.2, 0) is 30.5 Å². The van der Waals surface area contributed by atoms with Crippen LogP contribution < -0.4 is 16.0 Å². The highest BCUT2D eigenvalue weighted by Crippen LogP contribution is 2.30. The van der Waals surface area contributed by atoms with Gasteiger partial charge in [0.25, 0.3) is 11.8 Å². The third-order valence-corrected chi connectivity index (χ3v) is 5.75. The summed E-state index contributed by atoms with van der Waals surface area (Å²) in [6.45, 7) is 1.36. The Kier molecular flexibility index (Phi) is 9.63. The molecule has 1 atom stereocenters. The van der Waals surface area contributed by atoms with Gasteiger partial charge in [0.05, 0.1) is 24.2 Å². The first-order chi connectivity index (χ1) is 18.9. The number of benzene rings is 2. The molecule has 3 rings (SSSR count). The molecule has 0 radical (unpaired) electrons. The van der Waals surface area contributed by atoms with Gasteiger partial charge in [-0.15, -0.1) is 0 Å². The number of ether oxygens (including phenoxy) is 1. The highest BCUT2D eigenvalue weighted by Gasteiger charge is 2.43. The van der Waals surface area contributed by atoms with E-state index < -0.39 is 54.8 Å². The standard InChI is InChI=1S/C27H25F3N4O6/c1-17(13-24(37)40-26(39)27(28,29)30)33-16-23(36)34(15-19-5-3-2-4-6-19)21-9-7-18(14-20(21)25(33)38)8-10-22(35)32-12-11-31/h2-7,9,14,17H,11-13,15-16,31H2,1H3,(H,32,35). The van der Waals surface area contributed by atoms with Gasteiger partial charge in [-0.05, 0) is 30.7 Å². The number of rotatable bonds is 7. The predicted molar refractivity (Wildman–Crippen MR) is 135 cm³/mol. The van der Waals surface area contributed by atoms with Gasteiger partial charge in [0, 0.05) is 30.6 Å². The molecule has 0 aliphatic carbocycles. The molecule has 1 unspecified atom stereocenters. The number of esters is 2. The second-order valence-electron chi connectivity index (χ2n) is 8.74. The van der Waals surface area contributed by atoms with Crippen molar-refractivity contribution in [3.8, 4) is 11.8 Å². The van der Waals surface area contributed by atoms with Crippen LogP contribution in [0, 0.1) is 11.8 Å². The van der Waals surface area contributed by atoms with E-state index in [2.05, 4.69) is 21.9 Å². The van der Waals surface area contributed by atoms with Gasteiger partial charge in [-0.1, -0.05) is 36.3 Å². The average molecular weight is 559 g/mol. The highest BCUT2D eigenvalue weighted by atomic mass is 19.4. The molecule has 1 heterocycles. The smallest absolute Gasteiger partial charge is 0.386 e. The van der Waals surface area contributed by atoms with E-state index in [-0.39, 0.29) is 36.4 Å². The highest BCUT2D eigenvalue weighted by molar-refractivity contribution is 6.10. The fourth-order valence-corrected chi connectivity index (χ4v) is 3.82. The van der Waals surface area contributed by atoms with Crippen LogP contribution in [0.2, 0.25) is 0 Å². The van der Waals surface area contributed by atoms with Crippen LogP contribution in [0.3, 0.4) is 0 Å². The molecule has 13 heteroatoms. The molecule has 0 bridgehead atoms. The van der Waals surface area contributed by atoms with Crippen molar-refractivity contribution < 1.29 is 41.9 Å². The number of amides is 3. The number of carbonyl (C=O) groups is 5. The molecule has 1 aliphatic heterocycles. The largest absolute Gasteiger partial charge is 0.491 e. The number of hydrogen-bond donors (Lipinski definition) is 2. The first-order valence-electron chi connectivity index (χ1n) is 12.0. The van der Waals surface area contributed by atoms with Crippen LogP contribution in [-0.4, -0.2) is 66.4 Å². The Morgan fingerprint density at radius 3 is 2.48 bits per heavy atom. The molecule has 0 saturated heterocycles. The summed E-state index contributed by atoms with van der Waals surface area (Å²) in [7, 11) is 0. The van der Waals surface area contributed by atoms with Gasteiger partial charge in [0.1, 0.15) is 6.54 Å². The first kappa shape index (κ1) is 29.9. The van der Waals surface area contributed by atoms with Gasteiger partial charge < -0.3 is 25.6 Å². The summed E-state index contributed by atoms with van der Waals surface area (Å²) in [5.74, 6) is -1.00. The molecule has 2 aromatic carbocycles. The number of nitrogens with one attached hydrogen (secondary N) is 1. The van der Waals surface area contributed by atoms with Crippen molar-refractivity contribution in [1.82, 2.24) is 10.2 Å². The summed E-state index contributed by atoms with van der Waals surface area (Å²) in [4.78, 5) is 64.3. The van der Waals surface area contributed by atoms with E-state index in [9.17, 15) is 37.1 Å². The summed E-state index contributed by atoms with van der Waals surface area (Å²) in [6.07, 6.45) is -6.15. The number of nitrogens with zero attached hydrogens (tertiary/aromatic N) is 2. The third-order valence-electron chi connectivity index (χ3n) is 5.75. The summed E-state index contributed by atoms with van der Waals surface area (Å²) in [5.41, 5.74) is 6.63. The van der Waals surface area contributed by atoms with Gasteiger partial charge in [-0.2, -0.15) is 13.2 Å². The molecule has 3 amide bonds. The van der Waals surface area contributed by atoms with Crippen LogP contribution in [0.25, 0.3) is 0 Å². The fourth-order valence-electron chi connectivity index (χ4n) is 3.82. The minimum atomic E-state index is -5.37. The number of alkyl halides is 3. The molecular formula is C27H25F3N4O6. The Labute approximate surface area is 227 Å². The fraction of sp³-hybridized carbons (Fsp3) is 0.296. The number of hydrogen-bond acceptors (Lipinski definition) is 7. The molecule has 0 aromatic heterocycles. The zero-order valence-corrected chi connectivity index (χ0v) is 21.3. The van der Waals surface area contributed by atoms with Gasteiger partial charge in [0.15, 0.2) is 0 Å². The molecule has 0 fully saturated rings. The van der Waals surface area contributed by atoms with Crippen molar-refractivity contribution >= 4 is 35.3 Å². The van der Waals surface area contributed by atoms with E-state index in [1.807, 2.05) is 0 Å². The summed E-state index contributed by atoms with van der Waals surface area (Å²) in [6, 6.07) is 12.2. The molecule has 3 N–H and O–H groups in total. The van der Waals surface area contributed by atoms with Crippen LogP contribution in [0.4, 0.5) is 18.9 Å². The predicted octanol–water partition coefficient (Wildman–Crippen LogP) is 1.51. The average Bonchev–Trinajstić information content (AvgIpc) is 3.00. The van der Waals surface area contributed by atoms with Crippen LogP contribution in [0.15, 0.2) is 48.5 Å². The number of nitrogens with two attached hydrogens (primary N) is 1. The normalized spacial score (nSPS) is 13.9. The molecule has 0 saturated carbocycles. The van der Waals surface area contributed by atoms with E-state index in [0.29, 0.717) is 0 Å². The Balaban J connectivity index is 1.95. The first-order valence-corrected chi connectivity index (χ1v) is 12.0. The van der Waals surface area contributed by atoms with Gasteiger partial charge in [-0.25, -0.2) is 4.79 Å². The lowest BCUT2D eigenvalue weighted by Crippen LogP contribution is -2.44. The monoisotopic (exact) mass is 558 g/mol. The van der Waals surface area contributed by atoms with E-state index in [4.69, 9.17) is 5.73 Å². The van der Waals surface area contributed by atoms with Gasteiger partial charge in [-0.3, -0.25) is 19.2 Å². The van der Waals surface area contributed by atoms with Crippen molar-refractivity contribution in [2.75, 3.05) is 24.5 Å². The summed E-state index contributed by atoms with van der Waals surface area (Å²) in [5, 5.41) is 2.48. The van der Waals surface area contributed by atoms with E-state index in [0.717, 1.165) is 10.5 Å². The maximum Gasteiger partial charge on any atom is 0.491 e. The minimum Gasteiger partial charge on any atom is -0.386 e. The lowest BCUT2D eigenvalue weighted by Gasteiger charge is -2.27. The van der Waals surface area contributed by atoms with Crippen molar-refractivity contribution in [3.05, 3.63) is 65.2 Å². The number of fused-ring (bicyclic) bond motifs is 1. The molecule has 0 spiro atoms. The minimum absolute atomic E-state index is 0.0162. The van der Waals surface area contributed by atoms with E-state index in [1.54, 1.807) is 30.3 Å². The molecule has 40 heavy (non-hydrogen) atoms. The lowest BCUT2D eigenvalue weighted by molar-refractivity contribution is -0.202. The number of halogens is 3. The second kappa shape index (κ2) is 12.9. The second-order valence-corrected chi connectivity index (χ2v) is 8.74. The maximum absolute atomic E-state index is 13.6. The topological polar surface area (TPSA) is 139 Å². The Hall–Kier alpha value is -4.70. The summed E-state index contributed by atoms with van der Waals surface area (Å²) >= 11 is 0. The van der Waals surface area contributed by atoms with Crippen LogP contribution in [0.1, 0.15) is 34.8 Å². The van der Waals surface area contributed by atoms with Crippen molar-refractivity contribution in [2.24, 2.45) is 5.73 Å². The molecular weight excluding hydrogens is 533 g/mol. The quantitative estimate of drug-likeness (QED) is 0.298. The number of anilines is 1. The van der Waals surface area contributed by atoms with Gasteiger partial charge >= 0.3 is 18.1 Å². The van der Waals surface area contributed by atoms with E-state index in [1.165, 1.54) is 30.0 Å². The zero-order chi connectivity index (χ0) is 29.4. The SMILES string of the molecule is CC(CC(=O)OC(=O)C(F)(F)F)N1CC(=O)N(Cc2ccccc2)c2ccc(C#CC(=O)NCCN)cc2C1=O. The Bertz CT molecular complexity index is 1370. The van der Waals surface area contributed by atoms with Crippen LogP contribution >= 0.6 is 0 Å². The van der Waals surface area contributed by atoms with E-state index >= 15 is 0 Å². The van der Waals surface area contributed by atoms with Crippen LogP contribution in [0.5, 0.6) is 0 Å². The van der Waals surface area contributed by atoms with Crippen molar-refractivity contribution in [1.29, 1.82) is 0 Å². The molecule has 10 nitrogen and oxygen atoms in total. The third kappa shape index (κ3) is 7.67. The van der Waals surface area contributed by atoms with Gasteiger partial charge in [0.2, 0.25) is 5.91 Å². The lowest BCUT2D eigenvalue weighted by atomic mass is 10.1. The van der Waals surface area contributed by atoms with Crippen molar-refractivity contribution in [2.45, 2.75) is 32.1 Å². The summed E-state index contributed by atoms with van der Waals surface area (Å²) < 4.78 is 41.3. The molecule has 1 aliphatic rings. The zero-order valence-electron chi connectivity index (χ0n) is 21.3. The molecule has 2 aromatic rings. The number of carbonyl (C=O) groups excluding carboxylic acids is 5. The Morgan fingerprint density at radius 1 is 1.12 bits per heavy atom. The van der Waals surface area contributed by atoms with Crippen molar-refractivity contribution in [3.63, 3.8) is 0 Å². The maximum atomic E-state index is 13.6. The molecule has 210 valence electrons. The Morgan fingerprint density at radius 2 is 1.82 bits per heavy atom.